The van der Waals surface area contributed by atoms with Gasteiger partial charge in [-0.3, -0.25) is 4.79 Å². The molecule has 3 aromatic rings. The van der Waals surface area contributed by atoms with Crippen LogP contribution in [0, 0.1) is 0 Å². The molecule has 0 bridgehead atoms. The number of carbonyl (C=O) groups is 1. The van der Waals surface area contributed by atoms with Crippen LogP contribution in [-0.4, -0.2) is 26.6 Å². The Balaban J connectivity index is 1.59. The highest BCUT2D eigenvalue weighted by atomic mass is 16.5. The summed E-state index contributed by atoms with van der Waals surface area (Å²) in [7, 11) is 1.55. The van der Waals surface area contributed by atoms with Crippen LogP contribution in [0.25, 0.3) is 0 Å². The monoisotopic (exact) mass is 390 g/mol. The van der Waals surface area contributed by atoms with Gasteiger partial charge in [0.15, 0.2) is 17.8 Å². The SMILES string of the molecule is COc1cccc(C=O)c1OCCOc1ccc(C(C)(C)c2ccccc2)cc1. The quantitative estimate of drug-likeness (QED) is 0.368. The fourth-order valence-electron chi connectivity index (χ4n) is 3.23. The molecule has 150 valence electrons. The molecular formula is C25H26O4. The lowest BCUT2D eigenvalue weighted by molar-refractivity contribution is 0.111. The highest BCUT2D eigenvalue weighted by Crippen LogP contribution is 2.32. The molecule has 0 amide bonds. The lowest BCUT2D eigenvalue weighted by Gasteiger charge is -2.26. The number of para-hydroxylation sites is 1. The molecule has 0 aromatic heterocycles. The van der Waals surface area contributed by atoms with Gasteiger partial charge in [-0.25, -0.2) is 0 Å². The topological polar surface area (TPSA) is 44.8 Å². The molecule has 0 N–H and O–H groups in total. The summed E-state index contributed by atoms with van der Waals surface area (Å²) in [6, 6.07) is 23.8. The first-order valence-electron chi connectivity index (χ1n) is 9.60. The number of methoxy groups -OCH3 is 1. The van der Waals surface area contributed by atoms with Crippen molar-refractivity contribution in [2.45, 2.75) is 19.3 Å². The molecular weight excluding hydrogens is 364 g/mol. The summed E-state index contributed by atoms with van der Waals surface area (Å²) < 4.78 is 16.8. The van der Waals surface area contributed by atoms with Gasteiger partial charge in [0.05, 0.1) is 12.7 Å². The van der Waals surface area contributed by atoms with Crippen LogP contribution in [0.15, 0.2) is 72.8 Å². The summed E-state index contributed by atoms with van der Waals surface area (Å²) in [5, 5.41) is 0. The zero-order valence-electron chi connectivity index (χ0n) is 17.1. The van der Waals surface area contributed by atoms with Gasteiger partial charge in [0.2, 0.25) is 0 Å². The largest absolute Gasteiger partial charge is 0.493 e. The third kappa shape index (κ3) is 4.77. The van der Waals surface area contributed by atoms with Gasteiger partial charge in [0.25, 0.3) is 0 Å². The van der Waals surface area contributed by atoms with Crippen LogP contribution >= 0.6 is 0 Å². The normalized spacial score (nSPS) is 11.0. The Morgan fingerprint density at radius 2 is 1.45 bits per heavy atom. The second-order valence-electron chi connectivity index (χ2n) is 7.21. The van der Waals surface area contributed by atoms with E-state index in [1.165, 1.54) is 11.1 Å². The molecule has 4 heteroatoms. The van der Waals surface area contributed by atoms with Gasteiger partial charge in [-0.05, 0) is 35.4 Å². The van der Waals surface area contributed by atoms with Crippen molar-refractivity contribution in [3.63, 3.8) is 0 Å². The minimum atomic E-state index is -0.0853. The van der Waals surface area contributed by atoms with Crippen molar-refractivity contribution in [2.75, 3.05) is 20.3 Å². The number of hydrogen-bond donors (Lipinski definition) is 0. The van der Waals surface area contributed by atoms with Crippen LogP contribution in [0.1, 0.15) is 35.3 Å². The van der Waals surface area contributed by atoms with E-state index < -0.39 is 0 Å². The zero-order chi connectivity index (χ0) is 20.7. The summed E-state index contributed by atoms with van der Waals surface area (Å²) in [5.41, 5.74) is 2.86. The highest BCUT2D eigenvalue weighted by molar-refractivity contribution is 5.81. The summed E-state index contributed by atoms with van der Waals surface area (Å²) in [6.07, 6.45) is 0.756. The predicted octanol–water partition coefficient (Wildman–Crippen LogP) is 5.29. The molecule has 0 fully saturated rings. The molecule has 3 rings (SSSR count). The second kappa shape index (κ2) is 9.28. The van der Waals surface area contributed by atoms with Crippen molar-refractivity contribution < 1.29 is 19.0 Å². The minimum absolute atomic E-state index is 0.0853. The van der Waals surface area contributed by atoms with Crippen LogP contribution in [0.2, 0.25) is 0 Å². The molecule has 0 aliphatic heterocycles. The second-order valence-corrected chi connectivity index (χ2v) is 7.21. The number of ether oxygens (including phenoxy) is 3. The van der Waals surface area contributed by atoms with E-state index in [-0.39, 0.29) is 5.41 Å². The first-order chi connectivity index (χ1) is 14.1. The maximum absolute atomic E-state index is 11.2. The molecule has 29 heavy (non-hydrogen) atoms. The van der Waals surface area contributed by atoms with Crippen LogP contribution < -0.4 is 14.2 Å². The van der Waals surface area contributed by atoms with Crippen molar-refractivity contribution in [1.82, 2.24) is 0 Å². The smallest absolute Gasteiger partial charge is 0.171 e. The number of hydrogen-bond acceptors (Lipinski definition) is 4. The highest BCUT2D eigenvalue weighted by Gasteiger charge is 2.22. The maximum atomic E-state index is 11.2. The van der Waals surface area contributed by atoms with Crippen molar-refractivity contribution in [3.8, 4) is 17.2 Å². The maximum Gasteiger partial charge on any atom is 0.171 e. The van der Waals surface area contributed by atoms with E-state index in [4.69, 9.17) is 14.2 Å². The Morgan fingerprint density at radius 1 is 0.793 bits per heavy atom. The molecule has 3 aromatic carbocycles. The summed E-state index contributed by atoms with van der Waals surface area (Å²) in [5.74, 6) is 1.74. The summed E-state index contributed by atoms with van der Waals surface area (Å²) in [4.78, 5) is 11.2. The van der Waals surface area contributed by atoms with E-state index in [1.807, 2.05) is 18.2 Å². The summed E-state index contributed by atoms with van der Waals surface area (Å²) >= 11 is 0. The van der Waals surface area contributed by atoms with Crippen LogP contribution in [0.4, 0.5) is 0 Å². The molecule has 0 aliphatic rings. The van der Waals surface area contributed by atoms with E-state index in [0.29, 0.717) is 30.3 Å². The zero-order valence-corrected chi connectivity index (χ0v) is 17.1. The van der Waals surface area contributed by atoms with Gasteiger partial charge in [-0.15, -0.1) is 0 Å². The average Bonchev–Trinajstić information content (AvgIpc) is 2.77. The fourth-order valence-corrected chi connectivity index (χ4v) is 3.23. The third-order valence-corrected chi connectivity index (χ3v) is 5.03. The lowest BCUT2D eigenvalue weighted by Crippen LogP contribution is -2.18. The van der Waals surface area contributed by atoms with E-state index in [1.54, 1.807) is 25.3 Å². The van der Waals surface area contributed by atoms with Crippen LogP contribution in [0.5, 0.6) is 17.2 Å². The molecule has 0 saturated carbocycles. The molecule has 0 spiro atoms. The van der Waals surface area contributed by atoms with Gasteiger partial charge >= 0.3 is 0 Å². The molecule has 0 aliphatic carbocycles. The van der Waals surface area contributed by atoms with Crippen LogP contribution in [-0.2, 0) is 5.41 Å². The van der Waals surface area contributed by atoms with Crippen molar-refractivity contribution >= 4 is 6.29 Å². The third-order valence-electron chi connectivity index (χ3n) is 5.03. The molecule has 4 nitrogen and oxygen atoms in total. The van der Waals surface area contributed by atoms with E-state index in [9.17, 15) is 4.79 Å². The van der Waals surface area contributed by atoms with Crippen LogP contribution in [0.3, 0.4) is 0 Å². The molecule has 0 radical (unpaired) electrons. The van der Waals surface area contributed by atoms with Gasteiger partial charge in [-0.1, -0.05) is 62.4 Å². The number of benzene rings is 3. The Hall–Kier alpha value is -3.27. The minimum Gasteiger partial charge on any atom is -0.493 e. The Labute approximate surface area is 172 Å². The molecule has 0 saturated heterocycles. The van der Waals surface area contributed by atoms with E-state index in [2.05, 4.69) is 50.2 Å². The predicted molar refractivity (Wildman–Crippen MR) is 114 cm³/mol. The Morgan fingerprint density at radius 3 is 2.10 bits per heavy atom. The van der Waals surface area contributed by atoms with Gasteiger partial charge in [0.1, 0.15) is 19.0 Å². The fraction of sp³-hybridized carbons (Fsp3) is 0.240. The first kappa shape index (κ1) is 20.5. The number of carbonyl (C=O) groups excluding carboxylic acids is 1. The van der Waals surface area contributed by atoms with Crippen molar-refractivity contribution in [2.24, 2.45) is 0 Å². The summed E-state index contributed by atoms with van der Waals surface area (Å²) in [6.45, 7) is 5.09. The Bertz CT molecular complexity index is 931. The van der Waals surface area contributed by atoms with E-state index >= 15 is 0 Å². The average molecular weight is 390 g/mol. The lowest BCUT2D eigenvalue weighted by atomic mass is 9.78. The molecule has 0 atom stereocenters. The standard InChI is InChI=1S/C25H26O4/c1-25(2,20-9-5-4-6-10-20)21-12-14-22(15-13-21)28-16-17-29-24-19(18-26)8-7-11-23(24)27-3/h4-15,18H,16-17H2,1-3H3. The molecule has 0 unspecified atom stereocenters. The van der Waals surface area contributed by atoms with Gasteiger partial charge in [0, 0.05) is 5.41 Å². The van der Waals surface area contributed by atoms with Gasteiger partial charge < -0.3 is 14.2 Å². The first-order valence-corrected chi connectivity index (χ1v) is 9.60. The van der Waals surface area contributed by atoms with E-state index in [0.717, 1.165) is 12.0 Å². The van der Waals surface area contributed by atoms with Crippen molar-refractivity contribution in [1.29, 1.82) is 0 Å². The number of rotatable bonds is 9. The number of aldehydes is 1. The van der Waals surface area contributed by atoms with Gasteiger partial charge in [-0.2, -0.15) is 0 Å². The Kier molecular flexibility index (Phi) is 6.55. The van der Waals surface area contributed by atoms with Crippen molar-refractivity contribution in [3.05, 3.63) is 89.5 Å². The molecule has 0 heterocycles.